The van der Waals surface area contributed by atoms with Crippen molar-refractivity contribution >= 4 is 17.5 Å². The molecular formula is C17H20N4O2. The molecule has 0 bridgehead atoms. The molecule has 6 nitrogen and oxygen atoms in total. The molecule has 1 N–H and O–H groups in total. The molecule has 1 aliphatic heterocycles. The summed E-state index contributed by atoms with van der Waals surface area (Å²) in [4.78, 5) is 30.1. The van der Waals surface area contributed by atoms with Crippen LogP contribution >= 0.6 is 0 Å². The van der Waals surface area contributed by atoms with Gasteiger partial charge in [-0.1, -0.05) is 17.7 Å². The minimum absolute atomic E-state index is 0.00335. The highest BCUT2D eigenvalue weighted by Crippen LogP contribution is 2.25. The van der Waals surface area contributed by atoms with Gasteiger partial charge in [-0.05, 0) is 19.1 Å². The summed E-state index contributed by atoms with van der Waals surface area (Å²) in [7, 11) is 0. The maximum atomic E-state index is 12.2. The van der Waals surface area contributed by atoms with E-state index >= 15 is 0 Å². The number of nitrogens with one attached hydrogen (secondary N) is 1. The number of amides is 2. The molecule has 2 heterocycles. The average molecular weight is 312 g/mol. The normalized spacial score (nSPS) is 17.5. The molecule has 1 saturated heterocycles. The summed E-state index contributed by atoms with van der Waals surface area (Å²) >= 11 is 0. The topological polar surface area (TPSA) is 67.2 Å². The Balaban J connectivity index is 1.54. The Labute approximate surface area is 135 Å². The van der Waals surface area contributed by atoms with E-state index in [9.17, 15) is 9.59 Å². The maximum absolute atomic E-state index is 12.2. The fourth-order valence-electron chi connectivity index (χ4n) is 2.73. The standard InChI is InChI=1S/C17H20N4O2/c1-13-2-4-15(5-3-13)21-11-14(10-16(21)22)17(23)19-7-9-20-8-6-18-12-20/h2-6,8,12,14H,7,9-11H2,1H3,(H,19,23)/t14-/m1/s1. The Bertz CT molecular complexity index is 679. The highest BCUT2D eigenvalue weighted by molar-refractivity contribution is 6.00. The predicted octanol–water partition coefficient (Wildman–Crippen LogP) is 1.36. The van der Waals surface area contributed by atoms with Gasteiger partial charge in [0, 0.05) is 44.1 Å². The van der Waals surface area contributed by atoms with Gasteiger partial charge in [0.1, 0.15) is 0 Å². The lowest BCUT2D eigenvalue weighted by atomic mass is 10.1. The van der Waals surface area contributed by atoms with Gasteiger partial charge in [-0.25, -0.2) is 4.98 Å². The molecule has 23 heavy (non-hydrogen) atoms. The van der Waals surface area contributed by atoms with E-state index in [-0.39, 0.29) is 24.2 Å². The van der Waals surface area contributed by atoms with Crippen LogP contribution in [0, 0.1) is 12.8 Å². The number of benzene rings is 1. The van der Waals surface area contributed by atoms with Gasteiger partial charge in [0.05, 0.1) is 12.2 Å². The fraction of sp³-hybridized carbons (Fsp3) is 0.353. The highest BCUT2D eigenvalue weighted by atomic mass is 16.2. The lowest BCUT2D eigenvalue weighted by molar-refractivity contribution is -0.126. The third-order valence-electron chi connectivity index (χ3n) is 4.07. The number of aromatic nitrogens is 2. The van der Waals surface area contributed by atoms with Crippen LogP contribution in [0.4, 0.5) is 5.69 Å². The van der Waals surface area contributed by atoms with Crippen LogP contribution in [0.3, 0.4) is 0 Å². The molecular weight excluding hydrogens is 292 g/mol. The molecule has 1 aliphatic rings. The first-order valence-corrected chi connectivity index (χ1v) is 7.74. The second-order valence-corrected chi connectivity index (χ2v) is 5.83. The first-order valence-electron chi connectivity index (χ1n) is 7.74. The summed E-state index contributed by atoms with van der Waals surface area (Å²) in [6.07, 6.45) is 5.54. The van der Waals surface area contributed by atoms with Crippen molar-refractivity contribution in [3.63, 3.8) is 0 Å². The van der Waals surface area contributed by atoms with E-state index in [4.69, 9.17) is 0 Å². The number of anilines is 1. The lowest BCUT2D eigenvalue weighted by Crippen LogP contribution is -2.34. The van der Waals surface area contributed by atoms with Crippen LogP contribution in [0.25, 0.3) is 0 Å². The molecule has 0 aliphatic carbocycles. The Hall–Kier alpha value is -2.63. The van der Waals surface area contributed by atoms with Crippen molar-refractivity contribution in [2.24, 2.45) is 5.92 Å². The number of rotatable bonds is 5. The molecule has 2 aromatic rings. The number of carbonyl (C=O) groups is 2. The van der Waals surface area contributed by atoms with Crippen molar-refractivity contribution in [2.75, 3.05) is 18.0 Å². The molecule has 1 atom stereocenters. The van der Waals surface area contributed by atoms with Crippen molar-refractivity contribution < 1.29 is 9.59 Å². The number of hydrogen-bond acceptors (Lipinski definition) is 3. The second-order valence-electron chi connectivity index (χ2n) is 5.83. The molecule has 0 spiro atoms. The maximum Gasteiger partial charge on any atom is 0.227 e. The van der Waals surface area contributed by atoms with Gasteiger partial charge in [-0.15, -0.1) is 0 Å². The Morgan fingerprint density at radius 3 is 2.83 bits per heavy atom. The van der Waals surface area contributed by atoms with Crippen molar-refractivity contribution in [1.82, 2.24) is 14.9 Å². The fourth-order valence-corrected chi connectivity index (χ4v) is 2.73. The van der Waals surface area contributed by atoms with Crippen LogP contribution in [0.1, 0.15) is 12.0 Å². The van der Waals surface area contributed by atoms with Crippen LogP contribution in [0.2, 0.25) is 0 Å². The zero-order valence-electron chi connectivity index (χ0n) is 13.1. The molecule has 2 amide bonds. The minimum atomic E-state index is -0.286. The quantitative estimate of drug-likeness (QED) is 0.906. The molecule has 0 unspecified atom stereocenters. The third-order valence-corrected chi connectivity index (χ3v) is 4.07. The summed E-state index contributed by atoms with van der Waals surface area (Å²) < 4.78 is 1.90. The summed E-state index contributed by atoms with van der Waals surface area (Å²) in [6.45, 7) is 3.66. The predicted molar refractivity (Wildman–Crippen MR) is 86.9 cm³/mol. The molecule has 120 valence electrons. The molecule has 0 radical (unpaired) electrons. The molecule has 1 aromatic carbocycles. The molecule has 3 rings (SSSR count). The minimum Gasteiger partial charge on any atom is -0.354 e. The van der Waals surface area contributed by atoms with Gasteiger partial charge in [0.2, 0.25) is 11.8 Å². The molecule has 6 heteroatoms. The van der Waals surface area contributed by atoms with Crippen LogP contribution in [-0.2, 0) is 16.1 Å². The zero-order chi connectivity index (χ0) is 16.2. The van der Waals surface area contributed by atoms with Crippen molar-refractivity contribution in [2.45, 2.75) is 19.9 Å². The SMILES string of the molecule is Cc1ccc(N2C[C@H](C(=O)NCCn3ccnc3)CC2=O)cc1. The third kappa shape index (κ3) is 3.59. The van der Waals surface area contributed by atoms with E-state index in [1.807, 2.05) is 42.0 Å². The van der Waals surface area contributed by atoms with Crippen molar-refractivity contribution in [1.29, 1.82) is 0 Å². The van der Waals surface area contributed by atoms with Crippen molar-refractivity contribution in [3.05, 3.63) is 48.5 Å². The summed E-state index contributed by atoms with van der Waals surface area (Å²) in [5.41, 5.74) is 2.00. The Morgan fingerprint density at radius 2 is 2.13 bits per heavy atom. The number of hydrogen-bond donors (Lipinski definition) is 1. The van der Waals surface area contributed by atoms with Gasteiger partial charge >= 0.3 is 0 Å². The molecule has 1 fully saturated rings. The average Bonchev–Trinajstić information content (AvgIpc) is 3.18. The summed E-state index contributed by atoms with van der Waals surface area (Å²) in [5, 5.41) is 2.90. The number of carbonyl (C=O) groups excluding carboxylic acids is 2. The number of aryl methyl sites for hydroxylation is 1. The van der Waals surface area contributed by atoms with Crippen molar-refractivity contribution in [3.8, 4) is 0 Å². The van der Waals surface area contributed by atoms with E-state index in [0.29, 0.717) is 19.6 Å². The Morgan fingerprint density at radius 1 is 1.35 bits per heavy atom. The largest absolute Gasteiger partial charge is 0.354 e. The smallest absolute Gasteiger partial charge is 0.227 e. The Kier molecular flexibility index (Phi) is 4.41. The number of imidazole rings is 1. The van der Waals surface area contributed by atoms with E-state index in [1.165, 1.54) is 0 Å². The lowest BCUT2D eigenvalue weighted by Gasteiger charge is -2.17. The van der Waals surface area contributed by atoms with E-state index in [1.54, 1.807) is 17.4 Å². The summed E-state index contributed by atoms with van der Waals surface area (Å²) in [6, 6.07) is 7.79. The second kappa shape index (κ2) is 6.64. The van der Waals surface area contributed by atoms with Gasteiger partial charge < -0.3 is 14.8 Å². The first kappa shape index (κ1) is 15.3. The van der Waals surface area contributed by atoms with E-state index < -0.39 is 0 Å². The highest BCUT2D eigenvalue weighted by Gasteiger charge is 2.34. The van der Waals surface area contributed by atoms with Gasteiger partial charge in [-0.3, -0.25) is 9.59 Å². The summed E-state index contributed by atoms with van der Waals surface area (Å²) in [5.74, 6) is -0.344. The first-order chi connectivity index (χ1) is 11.1. The van der Waals surface area contributed by atoms with E-state index in [0.717, 1.165) is 11.3 Å². The van der Waals surface area contributed by atoms with Gasteiger partial charge in [0.25, 0.3) is 0 Å². The molecule has 0 saturated carbocycles. The van der Waals surface area contributed by atoms with Gasteiger partial charge in [-0.2, -0.15) is 0 Å². The molecule has 1 aromatic heterocycles. The van der Waals surface area contributed by atoms with Crippen LogP contribution in [0.15, 0.2) is 43.0 Å². The van der Waals surface area contributed by atoms with Crippen LogP contribution < -0.4 is 10.2 Å². The van der Waals surface area contributed by atoms with Crippen LogP contribution in [-0.4, -0.2) is 34.5 Å². The van der Waals surface area contributed by atoms with E-state index in [2.05, 4.69) is 10.3 Å². The van der Waals surface area contributed by atoms with Gasteiger partial charge in [0.15, 0.2) is 0 Å². The monoisotopic (exact) mass is 312 g/mol. The zero-order valence-corrected chi connectivity index (χ0v) is 13.1. The van der Waals surface area contributed by atoms with Crippen LogP contribution in [0.5, 0.6) is 0 Å². The number of nitrogens with zero attached hydrogens (tertiary/aromatic N) is 3.